The third kappa shape index (κ3) is 2.57. The Morgan fingerprint density at radius 2 is 1.45 bits per heavy atom. The molecule has 0 aromatic rings. The predicted octanol–water partition coefficient (Wildman–Crippen LogP) is 2.13. The van der Waals surface area contributed by atoms with Crippen molar-refractivity contribution in [3.63, 3.8) is 0 Å². The number of methoxy groups -OCH3 is 1. The van der Waals surface area contributed by atoms with E-state index >= 15 is 0 Å². The van der Waals surface area contributed by atoms with E-state index in [2.05, 4.69) is 4.74 Å². The molecule has 0 saturated heterocycles. The van der Waals surface area contributed by atoms with Crippen molar-refractivity contribution >= 4 is 0 Å². The smallest absolute Gasteiger partial charge is 0.321 e. The van der Waals surface area contributed by atoms with Crippen molar-refractivity contribution in [2.45, 2.75) is 18.5 Å². The molecule has 7 heteroatoms. The van der Waals surface area contributed by atoms with Crippen LogP contribution >= 0.6 is 0 Å². The predicted molar refractivity (Wildman–Crippen MR) is 22.9 cm³/mol. The molecule has 0 saturated carbocycles. The van der Waals surface area contributed by atoms with Gasteiger partial charge in [-0.3, -0.25) is 0 Å². The van der Waals surface area contributed by atoms with Crippen LogP contribution in [0.25, 0.3) is 0 Å². The van der Waals surface area contributed by atoms with E-state index in [9.17, 15) is 26.3 Å². The molecule has 11 heavy (non-hydrogen) atoms. The molecule has 0 amide bonds. The summed E-state index contributed by atoms with van der Waals surface area (Å²) in [6, 6.07) is 0. The number of hydrogen-bond acceptors (Lipinski definition) is 1. The summed E-state index contributed by atoms with van der Waals surface area (Å²) in [6.45, 7) is 0. The topological polar surface area (TPSA) is 9.23 Å². The summed E-state index contributed by atoms with van der Waals surface area (Å²) in [6.07, 6.45) is -14.7. The molecule has 0 spiro atoms. The van der Waals surface area contributed by atoms with Gasteiger partial charge in [0.2, 0.25) is 0 Å². The molecule has 0 radical (unpaired) electrons. The lowest BCUT2D eigenvalue weighted by molar-refractivity contribution is -0.327. The first-order valence-electron chi connectivity index (χ1n) is 2.35. The summed E-state index contributed by atoms with van der Waals surface area (Å²) in [4.78, 5) is 0. The van der Waals surface area contributed by atoms with Crippen LogP contribution in [0.1, 0.15) is 0 Å². The van der Waals surface area contributed by atoms with Gasteiger partial charge in [-0.2, -0.15) is 22.0 Å². The van der Waals surface area contributed by atoms with Crippen molar-refractivity contribution in [1.82, 2.24) is 0 Å². The first kappa shape index (κ1) is 10.5. The Bertz CT molecular complexity index is 129. The Morgan fingerprint density at radius 3 is 1.55 bits per heavy atom. The van der Waals surface area contributed by atoms with E-state index in [0.717, 1.165) is 0 Å². The molecule has 68 valence electrons. The van der Waals surface area contributed by atoms with E-state index in [1.54, 1.807) is 0 Å². The van der Waals surface area contributed by atoms with Crippen LogP contribution in [0.2, 0.25) is 0 Å². The minimum Gasteiger partial charge on any atom is -0.321 e. The van der Waals surface area contributed by atoms with Gasteiger partial charge in [0.25, 0.3) is 6.17 Å². The fourth-order valence-electron chi connectivity index (χ4n) is 0.294. The van der Waals surface area contributed by atoms with E-state index < -0.39 is 18.5 Å². The minimum atomic E-state index is -5.60. The molecule has 0 rings (SSSR count). The number of ether oxygens (including phenoxy) is 1. The van der Waals surface area contributed by atoms with Crippen molar-refractivity contribution in [2.24, 2.45) is 0 Å². The summed E-state index contributed by atoms with van der Waals surface area (Å²) >= 11 is 0. The molecule has 0 aliphatic carbocycles. The Morgan fingerprint density at radius 1 is 1.09 bits per heavy atom. The quantitative estimate of drug-likeness (QED) is 0.594. The largest absolute Gasteiger partial charge is 0.428 e. The van der Waals surface area contributed by atoms with Gasteiger partial charge in [-0.25, -0.2) is 4.39 Å². The SMILES string of the molecule is COC(F)(F)[C@H](F)C(F)(F)F. The molecule has 0 bridgehead atoms. The maximum absolute atomic E-state index is 11.7. The van der Waals surface area contributed by atoms with Crippen LogP contribution in [0, 0.1) is 0 Å². The van der Waals surface area contributed by atoms with Crippen LogP contribution in [0.5, 0.6) is 0 Å². The van der Waals surface area contributed by atoms with Gasteiger partial charge >= 0.3 is 12.3 Å². The van der Waals surface area contributed by atoms with Gasteiger partial charge in [-0.15, -0.1) is 0 Å². The summed E-state index contributed by atoms with van der Waals surface area (Å²) in [5, 5.41) is 0. The first-order chi connectivity index (χ1) is 4.72. The molecule has 0 fully saturated rings. The monoisotopic (exact) mass is 182 g/mol. The zero-order valence-electron chi connectivity index (χ0n) is 5.25. The van der Waals surface area contributed by atoms with E-state index in [1.807, 2.05) is 0 Å². The zero-order chi connectivity index (χ0) is 9.28. The summed E-state index contributed by atoms with van der Waals surface area (Å²) < 4.78 is 71.7. The molecular weight excluding hydrogens is 178 g/mol. The van der Waals surface area contributed by atoms with Crippen molar-refractivity contribution in [3.8, 4) is 0 Å². The van der Waals surface area contributed by atoms with Crippen LogP contribution in [-0.4, -0.2) is 25.6 Å². The van der Waals surface area contributed by atoms with Gasteiger partial charge in [-0.05, 0) is 0 Å². The molecule has 0 aliphatic rings. The van der Waals surface area contributed by atoms with E-state index in [1.165, 1.54) is 0 Å². The van der Waals surface area contributed by atoms with Crippen molar-refractivity contribution in [2.75, 3.05) is 7.11 Å². The average molecular weight is 182 g/mol. The minimum absolute atomic E-state index is 0.290. The second kappa shape index (κ2) is 2.88. The normalized spacial score (nSPS) is 16.6. The lowest BCUT2D eigenvalue weighted by Crippen LogP contribution is -2.42. The Balaban J connectivity index is 4.35. The van der Waals surface area contributed by atoms with Crippen molar-refractivity contribution < 1.29 is 31.1 Å². The highest BCUT2D eigenvalue weighted by molar-refractivity contribution is 4.74. The zero-order valence-corrected chi connectivity index (χ0v) is 5.25. The van der Waals surface area contributed by atoms with Crippen molar-refractivity contribution in [1.29, 1.82) is 0 Å². The third-order valence-electron chi connectivity index (χ3n) is 0.855. The lowest BCUT2D eigenvalue weighted by Gasteiger charge is -2.20. The molecule has 1 nitrogen and oxygen atoms in total. The van der Waals surface area contributed by atoms with Gasteiger partial charge in [0.1, 0.15) is 0 Å². The second-order valence-electron chi connectivity index (χ2n) is 1.67. The van der Waals surface area contributed by atoms with Crippen LogP contribution in [0.4, 0.5) is 26.3 Å². The number of alkyl halides is 6. The van der Waals surface area contributed by atoms with Gasteiger partial charge in [0, 0.05) is 7.11 Å². The highest BCUT2D eigenvalue weighted by atomic mass is 19.4. The highest BCUT2D eigenvalue weighted by Gasteiger charge is 2.57. The fourth-order valence-corrected chi connectivity index (χ4v) is 0.294. The number of rotatable bonds is 2. The van der Waals surface area contributed by atoms with Gasteiger partial charge < -0.3 is 4.74 Å². The standard InChI is InChI=1S/C4H4F6O/c1-11-4(9,10)2(5)3(6,7)8/h2H,1H3/t2-/m1/s1. The molecule has 0 N–H and O–H groups in total. The van der Waals surface area contributed by atoms with Gasteiger partial charge in [0.05, 0.1) is 0 Å². The Labute approximate surface area is 57.9 Å². The van der Waals surface area contributed by atoms with Crippen LogP contribution in [-0.2, 0) is 4.74 Å². The van der Waals surface area contributed by atoms with Crippen molar-refractivity contribution in [3.05, 3.63) is 0 Å². The second-order valence-corrected chi connectivity index (χ2v) is 1.67. The average Bonchev–Trinajstić information content (AvgIpc) is 1.84. The maximum atomic E-state index is 11.7. The Kier molecular flexibility index (Phi) is 2.76. The molecule has 0 aromatic heterocycles. The summed E-state index contributed by atoms with van der Waals surface area (Å²) in [5.41, 5.74) is 0. The molecule has 0 aliphatic heterocycles. The summed E-state index contributed by atoms with van der Waals surface area (Å²) in [7, 11) is 0.290. The van der Waals surface area contributed by atoms with Crippen LogP contribution < -0.4 is 0 Å². The van der Waals surface area contributed by atoms with Crippen LogP contribution in [0.3, 0.4) is 0 Å². The van der Waals surface area contributed by atoms with Crippen LogP contribution in [0.15, 0.2) is 0 Å². The van der Waals surface area contributed by atoms with Gasteiger partial charge in [0.15, 0.2) is 0 Å². The third-order valence-corrected chi connectivity index (χ3v) is 0.855. The summed E-state index contributed by atoms with van der Waals surface area (Å²) in [5.74, 6) is 0. The number of hydrogen-bond donors (Lipinski definition) is 0. The van der Waals surface area contributed by atoms with E-state index in [4.69, 9.17) is 0 Å². The maximum Gasteiger partial charge on any atom is 0.428 e. The first-order valence-corrected chi connectivity index (χ1v) is 2.35. The lowest BCUT2D eigenvalue weighted by atomic mass is 10.3. The molecule has 1 atom stereocenters. The highest BCUT2D eigenvalue weighted by Crippen LogP contribution is 2.34. The number of halogens is 6. The Hall–Kier alpha value is -0.460. The fraction of sp³-hybridized carbons (Fsp3) is 1.00. The molecule has 0 unspecified atom stereocenters. The van der Waals surface area contributed by atoms with E-state index in [-0.39, 0.29) is 7.11 Å². The molecule has 0 heterocycles. The van der Waals surface area contributed by atoms with Gasteiger partial charge in [-0.1, -0.05) is 0 Å². The molecule has 0 aromatic carbocycles. The molecular formula is C4H4F6O. The van der Waals surface area contributed by atoms with E-state index in [0.29, 0.717) is 0 Å².